The number of nitrogens with zero attached hydrogens (tertiary/aromatic N) is 4. The molecule has 1 aromatic heterocycles. The lowest BCUT2D eigenvalue weighted by molar-refractivity contribution is 0.0909. The molecule has 0 unspecified atom stereocenters. The van der Waals surface area contributed by atoms with E-state index in [0.29, 0.717) is 10.6 Å². The molecule has 0 radical (unpaired) electrons. The fourth-order valence-corrected chi connectivity index (χ4v) is 5.47. The van der Waals surface area contributed by atoms with Crippen molar-refractivity contribution >= 4 is 23.3 Å². The van der Waals surface area contributed by atoms with Gasteiger partial charge in [0.05, 0.1) is 10.6 Å². The molecule has 2 aliphatic heterocycles. The Hall–Kier alpha value is -2.93. The minimum Gasteiger partial charge on any atom is -0.354 e. The minimum atomic E-state index is -0.0962. The zero-order valence-electron chi connectivity index (χ0n) is 21.8. The summed E-state index contributed by atoms with van der Waals surface area (Å²) < 4.78 is 0. The molecule has 37 heavy (non-hydrogen) atoms. The Bertz CT molecular complexity index is 1200. The van der Waals surface area contributed by atoms with Crippen LogP contribution >= 0.6 is 11.6 Å². The van der Waals surface area contributed by atoms with Crippen LogP contribution in [0.5, 0.6) is 0 Å². The summed E-state index contributed by atoms with van der Waals surface area (Å²) in [6.45, 7) is 9.07. The molecule has 0 spiro atoms. The van der Waals surface area contributed by atoms with E-state index in [1.54, 1.807) is 0 Å². The maximum Gasteiger partial charge on any atom is 0.253 e. The molecule has 1 amide bonds. The molecule has 1 N–H and O–H groups in total. The third-order valence-electron chi connectivity index (χ3n) is 7.57. The van der Waals surface area contributed by atoms with Crippen molar-refractivity contribution in [1.82, 2.24) is 20.1 Å². The quantitative estimate of drug-likeness (QED) is 0.506. The lowest BCUT2D eigenvalue weighted by Gasteiger charge is -2.34. The number of aromatic nitrogens is 1. The van der Waals surface area contributed by atoms with Gasteiger partial charge in [-0.05, 0) is 50.1 Å². The van der Waals surface area contributed by atoms with E-state index in [2.05, 4.69) is 58.3 Å². The van der Waals surface area contributed by atoms with Gasteiger partial charge in [-0.2, -0.15) is 0 Å². The number of amides is 1. The van der Waals surface area contributed by atoms with Gasteiger partial charge in [0.1, 0.15) is 5.82 Å². The van der Waals surface area contributed by atoms with Gasteiger partial charge in [0, 0.05) is 63.6 Å². The average Bonchev–Trinajstić information content (AvgIpc) is 2.91. The number of pyridine rings is 1. The van der Waals surface area contributed by atoms with Crippen molar-refractivity contribution in [3.8, 4) is 11.1 Å². The number of nitrogens with one attached hydrogen (secondary N) is 1. The first kappa shape index (κ1) is 25.7. The fraction of sp³-hybridized carbons (Fsp3) is 0.400. The largest absolute Gasteiger partial charge is 0.354 e. The number of piperidine rings is 1. The van der Waals surface area contributed by atoms with Crippen LogP contribution in [0.1, 0.15) is 34.3 Å². The molecule has 0 bridgehead atoms. The van der Waals surface area contributed by atoms with Crippen molar-refractivity contribution in [1.29, 1.82) is 0 Å². The molecule has 2 saturated heterocycles. The number of carbonyl (C=O) groups excluding carboxylic acids is 1. The van der Waals surface area contributed by atoms with Crippen LogP contribution < -0.4 is 10.2 Å². The molecule has 7 heteroatoms. The highest BCUT2D eigenvalue weighted by molar-refractivity contribution is 6.36. The van der Waals surface area contributed by atoms with Gasteiger partial charge in [0.2, 0.25) is 0 Å². The third kappa shape index (κ3) is 6.32. The van der Waals surface area contributed by atoms with Crippen LogP contribution in [0.4, 0.5) is 5.82 Å². The smallest absolute Gasteiger partial charge is 0.253 e. The van der Waals surface area contributed by atoms with E-state index in [-0.39, 0.29) is 11.9 Å². The van der Waals surface area contributed by atoms with Crippen molar-refractivity contribution in [2.45, 2.75) is 32.4 Å². The highest BCUT2D eigenvalue weighted by Crippen LogP contribution is 2.31. The minimum absolute atomic E-state index is 0.0962. The zero-order chi connectivity index (χ0) is 25.8. The molecule has 2 aliphatic rings. The van der Waals surface area contributed by atoms with Crippen LogP contribution in [0.25, 0.3) is 11.1 Å². The summed E-state index contributed by atoms with van der Waals surface area (Å²) in [7, 11) is 2.17. The first-order valence-corrected chi connectivity index (χ1v) is 13.6. The normalized spacial score (nSPS) is 17.6. The van der Waals surface area contributed by atoms with Crippen molar-refractivity contribution in [3.63, 3.8) is 0 Å². The maximum absolute atomic E-state index is 13.1. The molecule has 194 valence electrons. The SMILES string of the molecule is Cc1ccc(-c2cccc(C(=O)NC3CCN(Cc4ccc(N5CCN(C)CC5)nc4)CC3)c2Cl)cc1. The highest BCUT2D eigenvalue weighted by Gasteiger charge is 2.23. The summed E-state index contributed by atoms with van der Waals surface area (Å²) in [5.41, 5.74) is 4.87. The van der Waals surface area contributed by atoms with Crippen LogP contribution in [0.2, 0.25) is 5.02 Å². The van der Waals surface area contributed by atoms with Gasteiger partial charge >= 0.3 is 0 Å². The van der Waals surface area contributed by atoms with E-state index < -0.39 is 0 Å². The predicted octanol–water partition coefficient (Wildman–Crippen LogP) is 4.86. The van der Waals surface area contributed by atoms with Gasteiger partial charge in [0.25, 0.3) is 5.91 Å². The molecule has 3 aromatic rings. The van der Waals surface area contributed by atoms with E-state index in [9.17, 15) is 4.79 Å². The molecular weight excluding hydrogens is 482 g/mol. The molecule has 0 saturated carbocycles. The molecule has 2 fully saturated rings. The van der Waals surface area contributed by atoms with Gasteiger partial charge in [-0.1, -0.05) is 59.6 Å². The Balaban J connectivity index is 1.13. The van der Waals surface area contributed by atoms with E-state index in [1.165, 1.54) is 11.1 Å². The standard InChI is InChI=1S/C30H36ClN5O/c1-22-6-9-24(10-7-22)26-4-3-5-27(29(26)31)30(37)33-25-12-14-35(15-13-25)21-23-8-11-28(32-20-23)36-18-16-34(2)17-19-36/h3-11,20,25H,12-19,21H2,1-2H3,(H,33,37). The van der Waals surface area contributed by atoms with E-state index in [1.807, 2.05) is 36.5 Å². The Morgan fingerprint density at radius 2 is 1.70 bits per heavy atom. The second kappa shape index (κ2) is 11.6. The van der Waals surface area contributed by atoms with Gasteiger partial charge in [-0.25, -0.2) is 4.98 Å². The lowest BCUT2D eigenvalue weighted by atomic mass is 10.0. The molecule has 5 rings (SSSR count). The highest BCUT2D eigenvalue weighted by atomic mass is 35.5. The summed E-state index contributed by atoms with van der Waals surface area (Å²) in [5.74, 6) is 0.976. The van der Waals surface area contributed by atoms with E-state index in [0.717, 1.165) is 75.6 Å². The first-order valence-electron chi connectivity index (χ1n) is 13.2. The monoisotopic (exact) mass is 517 g/mol. The van der Waals surface area contributed by atoms with E-state index >= 15 is 0 Å². The van der Waals surface area contributed by atoms with Crippen LogP contribution in [0.15, 0.2) is 60.8 Å². The number of halogens is 1. The van der Waals surface area contributed by atoms with Crippen molar-refractivity contribution in [3.05, 3.63) is 82.5 Å². The first-order chi connectivity index (χ1) is 18.0. The summed E-state index contributed by atoms with van der Waals surface area (Å²) in [6.07, 6.45) is 3.87. The lowest BCUT2D eigenvalue weighted by Crippen LogP contribution is -2.45. The Kier molecular flexibility index (Phi) is 8.08. The molecule has 2 aromatic carbocycles. The van der Waals surface area contributed by atoms with Crippen LogP contribution in [-0.4, -0.2) is 73.0 Å². The van der Waals surface area contributed by atoms with Crippen molar-refractivity contribution < 1.29 is 4.79 Å². The second-order valence-electron chi connectivity index (χ2n) is 10.4. The van der Waals surface area contributed by atoms with Crippen molar-refractivity contribution in [2.75, 3.05) is 51.2 Å². The number of hydrogen-bond acceptors (Lipinski definition) is 5. The maximum atomic E-state index is 13.1. The van der Waals surface area contributed by atoms with Gasteiger partial charge in [0.15, 0.2) is 0 Å². The molecule has 6 nitrogen and oxygen atoms in total. The summed E-state index contributed by atoms with van der Waals surface area (Å²) in [4.78, 5) is 25.0. The average molecular weight is 518 g/mol. The third-order valence-corrected chi connectivity index (χ3v) is 7.98. The molecule has 0 atom stereocenters. The molecular formula is C30H36ClN5O. The number of hydrogen-bond donors (Lipinski definition) is 1. The topological polar surface area (TPSA) is 51.7 Å². The number of piperazine rings is 1. The fourth-order valence-electron chi connectivity index (χ4n) is 5.15. The number of aryl methyl sites for hydroxylation is 1. The Labute approximate surface area is 225 Å². The van der Waals surface area contributed by atoms with Crippen LogP contribution in [-0.2, 0) is 6.54 Å². The number of likely N-dealkylation sites (tertiary alicyclic amines) is 1. The van der Waals surface area contributed by atoms with Crippen LogP contribution in [0, 0.1) is 6.92 Å². The predicted molar refractivity (Wildman–Crippen MR) is 151 cm³/mol. The summed E-state index contributed by atoms with van der Waals surface area (Å²) >= 11 is 6.70. The van der Waals surface area contributed by atoms with Gasteiger partial charge in [-0.15, -0.1) is 0 Å². The molecule has 3 heterocycles. The Morgan fingerprint density at radius 3 is 2.38 bits per heavy atom. The second-order valence-corrected chi connectivity index (χ2v) is 10.7. The number of rotatable bonds is 6. The molecule has 0 aliphatic carbocycles. The number of likely N-dealkylation sites (N-methyl/N-ethyl adjacent to an activating group) is 1. The van der Waals surface area contributed by atoms with Crippen LogP contribution in [0.3, 0.4) is 0 Å². The number of carbonyl (C=O) groups is 1. The zero-order valence-corrected chi connectivity index (χ0v) is 22.5. The van der Waals surface area contributed by atoms with E-state index in [4.69, 9.17) is 16.6 Å². The number of anilines is 1. The number of benzene rings is 2. The van der Waals surface area contributed by atoms with Crippen molar-refractivity contribution in [2.24, 2.45) is 0 Å². The van der Waals surface area contributed by atoms with Gasteiger partial charge in [-0.3, -0.25) is 9.69 Å². The van der Waals surface area contributed by atoms with Gasteiger partial charge < -0.3 is 15.1 Å². The summed E-state index contributed by atoms with van der Waals surface area (Å²) in [5, 5.41) is 3.73. The summed E-state index contributed by atoms with van der Waals surface area (Å²) in [6, 6.07) is 18.4. The Morgan fingerprint density at radius 1 is 0.973 bits per heavy atom.